The highest BCUT2D eigenvalue weighted by Gasteiger charge is 2.62. The molecule has 1 aromatic carbocycles. The van der Waals surface area contributed by atoms with Gasteiger partial charge in [-0.2, -0.15) is 23.3 Å². The third-order valence-corrected chi connectivity index (χ3v) is 4.53. The predicted octanol–water partition coefficient (Wildman–Crippen LogP) is 3.02. The largest absolute Gasteiger partial charge is 0.476 e. The number of aliphatic hydroxyl groups is 1. The number of aryl methyl sites for hydroxylation is 1. The number of nitrogens with zero attached hydrogens (tertiary/aromatic N) is 3. The molecule has 10 heteroatoms. The van der Waals surface area contributed by atoms with Gasteiger partial charge in [0.05, 0.1) is 12.1 Å². The van der Waals surface area contributed by atoms with Gasteiger partial charge in [0.25, 0.3) is 5.72 Å². The van der Waals surface area contributed by atoms with Gasteiger partial charge < -0.3 is 10.2 Å². The van der Waals surface area contributed by atoms with Gasteiger partial charge >= 0.3 is 12.1 Å². The average Bonchev–Trinajstić information content (AvgIpc) is 3.12. The normalized spacial score (nSPS) is 20.7. The van der Waals surface area contributed by atoms with Crippen molar-refractivity contribution in [2.24, 2.45) is 5.10 Å². The van der Waals surface area contributed by atoms with Crippen molar-refractivity contribution >= 4 is 28.1 Å². The Kier molecular flexibility index (Phi) is 4.04. The van der Waals surface area contributed by atoms with Gasteiger partial charge in [0, 0.05) is 5.38 Å². The SMILES string of the molecule is Cc1ccc(C2=NN(c3nc(C(=O)O)cs3)[C@](O)(C(F)(F)F)C2)cc1. The molecule has 0 saturated carbocycles. The fourth-order valence-corrected chi connectivity index (χ4v) is 3.15. The molecule has 2 heterocycles. The molecule has 25 heavy (non-hydrogen) atoms. The quantitative estimate of drug-likeness (QED) is 0.866. The summed E-state index contributed by atoms with van der Waals surface area (Å²) in [7, 11) is 0. The molecule has 0 saturated heterocycles. The van der Waals surface area contributed by atoms with Gasteiger partial charge in [-0.05, 0) is 12.5 Å². The van der Waals surface area contributed by atoms with Crippen LogP contribution in [0.3, 0.4) is 0 Å². The molecule has 1 aromatic heterocycles. The van der Waals surface area contributed by atoms with Crippen molar-refractivity contribution in [3.05, 3.63) is 46.5 Å². The zero-order chi connectivity index (χ0) is 18.4. The van der Waals surface area contributed by atoms with Crippen LogP contribution in [-0.2, 0) is 0 Å². The number of aromatic carboxylic acids is 1. The van der Waals surface area contributed by atoms with Crippen molar-refractivity contribution in [1.82, 2.24) is 4.98 Å². The van der Waals surface area contributed by atoms with Crippen molar-refractivity contribution in [3.8, 4) is 0 Å². The third kappa shape index (κ3) is 2.98. The van der Waals surface area contributed by atoms with Crippen LogP contribution >= 0.6 is 11.3 Å². The van der Waals surface area contributed by atoms with E-state index in [0.717, 1.165) is 10.9 Å². The number of alkyl halides is 3. The van der Waals surface area contributed by atoms with E-state index in [-0.39, 0.29) is 10.8 Å². The average molecular weight is 371 g/mol. The molecule has 132 valence electrons. The highest BCUT2D eigenvalue weighted by molar-refractivity contribution is 7.14. The van der Waals surface area contributed by atoms with Gasteiger partial charge in [-0.3, -0.25) is 0 Å². The summed E-state index contributed by atoms with van der Waals surface area (Å²) in [5.41, 5.74) is -2.31. The molecule has 2 N–H and O–H groups in total. The number of carboxylic acid groups (broad SMARTS) is 1. The topological polar surface area (TPSA) is 86.0 Å². The molecule has 1 atom stereocenters. The summed E-state index contributed by atoms with van der Waals surface area (Å²) in [6, 6.07) is 6.66. The van der Waals surface area contributed by atoms with E-state index in [1.54, 1.807) is 24.3 Å². The molecule has 2 aromatic rings. The van der Waals surface area contributed by atoms with Crippen LogP contribution in [0.5, 0.6) is 0 Å². The van der Waals surface area contributed by atoms with Crippen molar-refractivity contribution in [1.29, 1.82) is 0 Å². The Bertz CT molecular complexity index is 848. The Balaban J connectivity index is 2.06. The number of hydrogen-bond donors (Lipinski definition) is 2. The van der Waals surface area contributed by atoms with Gasteiger partial charge in [0.2, 0.25) is 5.13 Å². The second-order valence-corrected chi connectivity index (χ2v) is 6.37. The summed E-state index contributed by atoms with van der Waals surface area (Å²) in [5.74, 6) is -1.38. The van der Waals surface area contributed by atoms with Crippen LogP contribution in [0.25, 0.3) is 0 Å². The Labute approximate surface area is 143 Å². The molecule has 0 fully saturated rings. The lowest BCUT2D eigenvalue weighted by molar-refractivity contribution is -0.254. The number of thiazole rings is 1. The maximum Gasteiger partial charge on any atom is 0.438 e. The van der Waals surface area contributed by atoms with Crippen LogP contribution in [-0.4, -0.2) is 38.8 Å². The third-order valence-electron chi connectivity index (χ3n) is 3.72. The van der Waals surface area contributed by atoms with Gasteiger partial charge in [-0.25, -0.2) is 9.78 Å². The van der Waals surface area contributed by atoms with Crippen LogP contribution in [0.4, 0.5) is 18.3 Å². The summed E-state index contributed by atoms with van der Waals surface area (Å²) in [6.45, 7) is 1.83. The molecule has 1 aliphatic rings. The fourth-order valence-electron chi connectivity index (χ4n) is 2.33. The van der Waals surface area contributed by atoms with Crippen LogP contribution < -0.4 is 5.01 Å². The smallest absolute Gasteiger partial charge is 0.438 e. The number of halogens is 3. The standard InChI is InChI=1S/C15H12F3N3O3S/c1-8-2-4-9(5-3-8)10-6-14(24,15(16,17)18)21(20-10)13-19-11(7-25-13)12(22)23/h2-5,7,24H,6H2,1H3,(H,22,23)/t14-/m1/s1. The molecule has 3 rings (SSSR count). The number of carbonyl (C=O) groups is 1. The summed E-state index contributed by atoms with van der Waals surface area (Å²) in [4.78, 5) is 14.5. The highest BCUT2D eigenvalue weighted by atomic mass is 32.1. The van der Waals surface area contributed by atoms with E-state index in [0.29, 0.717) is 21.9 Å². The number of anilines is 1. The van der Waals surface area contributed by atoms with E-state index in [4.69, 9.17) is 5.11 Å². The van der Waals surface area contributed by atoms with Gasteiger partial charge in [-0.1, -0.05) is 29.8 Å². The Morgan fingerprint density at radius 2 is 1.96 bits per heavy atom. The minimum absolute atomic E-state index is 0.0342. The molecule has 0 unspecified atom stereocenters. The van der Waals surface area contributed by atoms with E-state index in [1.807, 2.05) is 6.92 Å². The molecule has 1 aliphatic heterocycles. The molecule has 0 aliphatic carbocycles. The number of hydrogen-bond acceptors (Lipinski definition) is 6. The monoisotopic (exact) mass is 371 g/mol. The molecular formula is C15H12F3N3O3S. The number of rotatable bonds is 3. The molecule has 0 radical (unpaired) electrons. The second kappa shape index (κ2) is 5.81. The van der Waals surface area contributed by atoms with E-state index in [9.17, 15) is 23.1 Å². The number of carboxylic acids is 1. The van der Waals surface area contributed by atoms with Gasteiger partial charge in [0.15, 0.2) is 5.69 Å². The Morgan fingerprint density at radius 1 is 1.32 bits per heavy atom. The summed E-state index contributed by atoms with van der Waals surface area (Å²) >= 11 is 0.660. The first kappa shape index (κ1) is 17.4. The Morgan fingerprint density at radius 3 is 2.48 bits per heavy atom. The van der Waals surface area contributed by atoms with E-state index < -0.39 is 30.0 Å². The maximum atomic E-state index is 13.5. The highest BCUT2D eigenvalue weighted by Crippen LogP contribution is 2.44. The molecule has 6 nitrogen and oxygen atoms in total. The van der Waals surface area contributed by atoms with Crippen molar-refractivity contribution in [2.75, 3.05) is 5.01 Å². The Hall–Kier alpha value is -2.46. The zero-order valence-corrected chi connectivity index (χ0v) is 13.6. The first-order valence-corrected chi connectivity index (χ1v) is 7.92. The second-order valence-electron chi connectivity index (χ2n) is 5.54. The molecule has 0 amide bonds. The van der Waals surface area contributed by atoms with E-state index in [1.165, 1.54) is 0 Å². The fraction of sp³-hybridized carbons (Fsp3) is 0.267. The first-order valence-electron chi connectivity index (χ1n) is 7.04. The van der Waals surface area contributed by atoms with Crippen molar-refractivity contribution in [2.45, 2.75) is 25.2 Å². The van der Waals surface area contributed by atoms with Gasteiger partial charge in [0.1, 0.15) is 0 Å². The lowest BCUT2D eigenvalue weighted by Gasteiger charge is -2.32. The lowest BCUT2D eigenvalue weighted by atomic mass is 10.0. The van der Waals surface area contributed by atoms with Crippen LogP contribution in [0, 0.1) is 6.92 Å². The van der Waals surface area contributed by atoms with E-state index >= 15 is 0 Å². The van der Waals surface area contributed by atoms with Crippen LogP contribution in [0.2, 0.25) is 0 Å². The lowest BCUT2D eigenvalue weighted by Crippen LogP contribution is -2.55. The predicted molar refractivity (Wildman–Crippen MR) is 84.9 cm³/mol. The molecule has 0 spiro atoms. The number of hydrazone groups is 1. The van der Waals surface area contributed by atoms with Crippen molar-refractivity contribution in [3.63, 3.8) is 0 Å². The summed E-state index contributed by atoms with van der Waals surface area (Å²) in [6.07, 6.45) is -5.81. The molecular weight excluding hydrogens is 359 g/mol. The minimum atomic E-state index is -5.02. The van der Waals surface area contributed by atoms with Crippen LogP contribution in [0.15, 0.2) is 34.7 Å². The first-order chi connectivity index (χ1) is 11.6. The minimum Gasteiger partial charge on any atom is -0.476 e. The summed E-state index contributed by atoms with van der Waals surface area (Å²) in [5, 5.41) is 24.1. The van der Waals surface area contributed by atoms with Crippen molar-refractivity contribution < 1.29 is 28.2 Å². The number of aromatic nitrogens is 1. The molecule has 0 bridgehead atoms. The maximum absolute atomic E-state index is 13.5. The summed E-state index contributed by atoms with van der Waals surface area (Å²) < 4.78 is 40.5. The van der Waals surface area contributed by atoms with Crippen LogP contribution in [0.1, 0.15) is 28.0 Å². The van der Waals surface area contributed by atoms with Gasteiger partial charge in [-0.15, -0.1) is 11.3 Å². The van der Waals surface area contributed by atoms with E-state index in [2.05, 4.69) is 10.1 Å². The zero-order valence-electron chi connectivity index (χ0n) is 12.8. The number of benzene rings is 1.